The van der Waals surface area contributed by atoms with E-state index >= 15 is 0 Å². The first-order chi connectivity index (χ1) is 9.02. The third-order valence-electron chi connectivity index (χ3n) is 2.38. The highest BCUT2D eigenvalue weighted by Gasteiger charge is 2.18. The first kappa shape index (κ1) is 14.9. The molecule has 0 aromatic carbocycles. The van der Waals surface area contributed by atoms with Gasteiger partial charge in [-0.2, -0.15) is 4.98 Å². The van der Waals surface area contributed by atoms with Crippen molar-refractivity contribution in [1.29, 1.82) is 0 Å². The van der Waals surface area contributed by atoms with Crippen LogP contribution in [0.3, 0.4) is 0 Å². The van der Waals surface area contributed by atoms with Crippen molar-refractivity contribution in [2.75, 3.05) is 6.54 Å². The number of aliphatic carboxylic acids is 1. The Morgan fingerprint density at radius 1 is 1.47 bits per heavy atom. The summed E-state index contributed by atoms with van der Waals surface area (Å²) >= 11 is 0. The van der Waals surface area contributed by atoms with Crippen molar-refractivity contribution < 1.29 is 19.2 Å². The minimum Gasteiger partial charge on any atom is -0.480 e. The monoisotopic (exact) mass is 270 g/mol. The van der Waals surface area contributed by atoms with Crippen molar-refractivity contribution in [3.05, 3.63) is 11.7 Å². The van der Waals surface area contributed by atoms with E-state index in [1.165, 1.54) is 0 Å². The Morgan fingerprint density at radius 3 is 2.74 bits per heavy atom. The SMILES string of the molecule is CCC[C@H](NC(=O)NCCc1noc(C)n1)C(=O)O. The van der Waals surface area contributed by atoms with Crippen LogP contribution in [-0.4, -0.2) is 39.8 Å². The second kappa shape index (κ2) is 7.34. The lowest BCUT2D eigenvalue weighted by Gasteiger charge is -2.13. The molecule has 3 N–H and O–H groups in total. The van der Waals surface area contributed by atoms with E-state index in [1.807, 2.05) is 6.92 Å². The molecule has 0 bridgehead atoms. The standard InChI is InChI=1S/C11H18N4O4/c1-3-4-8(10(16)17)14-11(18)12-6-5-9-13-7(2)19-15-9/h8H,3-6H2,1-2H3,(H,16,17)(H2,12,14,18)/t8-/m0/s1. The van der Waals surface area contributed by atoms with Crippen LogP contribution in [0, 0.1) is 6.92 Å². The topological polar surface area (TPSA) is 117 Å². The summed E-state index contributed by atoms with van der Waals surface area (Å²) in [6, 6.07) is -1.38. The first-order valence-electron chi connectivity index (χ1n) is 6.09. The number of hydrogen-bond acceptors (Lipinski definition) is 5. The van der Waals surface area contributed by atoms with E-state index in [1.54, 1.807) is 6.92 Å². The number of amides is 2. The summed E-state index contributed by atoms with van der Waals surface area (Å²) in [6.07, 6.45) is 1.50. The molecule has 1 aromatic rings. The maximum atomic E-state index is 11.5. The van der Waals surface area contributed by atoms with E-state index in [-0.39, 0.29) is 0 Å². The molecule has 1 atom stereocenters. The van der Waals surface area contributed by atoms with Gasteiger partial charge < -0.3 is 20.3 Å². The Labute approximate surface area is 110 Å². The van der Waals surface area contributed by atoms with E-state index in [2.05, 4.69) is 20.8 Å². The van der Waals surface area contributed by atoms with Gasteiger partial charge in [0.25, 0.3) is 0 Å². The molecule has 0 fully saturated rings. The minimum absolute atomic E-state index is 0.309. The molecule has 0 aliphatic carbocycles. The first-order valence-corrected chi connectivity index (χ1v) is 6.09. The van der Waals surface area contributed by atoms with Gasteiger partial charge in [0.15, 0.2) is 5.82 Å². The Kier molecular flexibility index (Phi) is 5.77. The lowest BCUT2D eigenvalue weighted by atomic mass is 10.2. The summed E-state index contributed by atoms with van der Waals surface area (Å²) in [5.74, 6) is -0.0692. The zero-order chi connectivity index (χ0) is 14.3. The Balaban J connectivity index is 2.28. The second-order valence-corrected chi connectivity index (χ2v) is 4.06. The molecule has 0 aliphatic rings. The Morgan fingerprint density at radius 2 is 2.21 bits per heavy atom. The van der Waals surface area contributed by atoms with Gasteiger partial charge in [0.05, 0.1) is 0 Å². The zero-order valence-corrected chi connectivity index (χ0v) is 11.0. The number of rotatable bonds is 7. The Bertz CT molecular complexity index is 432. The molecule has 8 nitrogen and oxygen atoms in total. The molecule has 1 aromatic heterocycles. The van der Waals surface area contributed by atoms with Gasteiger partial charge in [0, 0.05) is 19.9 Å². The average molecular weight is 270 g/mol. The van der Waals surface area contributed by atoms with Crippen molar-refractivity contribution >= 4 is 12.0 Å². The molecule has 0 unspecified atom stereocenters. The zero-order valence-electron chi connectivity index (χ0n) is 11.0. The van der Waals surface area contributed by atoms with E-state index in [0.29, 0.717) is 37.5 Å². The number of aryl methyl sites for hydroxylation is 1. The number of nitrogens with one attached hydrogen (secondary N) is 2. The predicted octanol–water partition coefficient (Wildman–Crippen LogP) is 0.473. The second-order valence-electron chi connectivity index (χ2n) is 4.06. The van der Waals surface area contributed by atoms with Crippen LogP contribution in [0.2, 0.25) is 0 Å². The third kappa shape index (κ3) is 5.36. The molecule has 0 aliphatic heterocycles. The lowest BCUT2D eigenvalue weighted by molar-refractivity contribution is -0.139. The van der Waals surface area contributed by atoms with Crippen LogP contribution in [0.15, 0.2) is 4.52 Å². The maximum Gasteiger partial charge on any atom is 0.326 e. The van der Waals surface area contributed by atoms with Crippen LogP contribution in [-0.2, 0) is 11.2 Å². The molecule has 1 heterocycles. The van der Waals surface area contributed by atoms with Crippen molar-refractivity contribution in [2.24, 2.45) is 0 Å². The number of carbonyl (C=O) groups excluding carboxylic acids is 1. The Hall–Kier alpha value is -2.12. The van der Waals surface area contributed by atoms with Gasteiger partial charge in [-0.05, 0) is 6.42 Å². The molecule has 1 rings (SSSR count). The summed E-state index contributed by atoms with van der Waals surface area (Å²) in [6.45, 7) is 3.84. The number of hydrogen-bond donors (Lipinski definition) is 3. The van der Waals surface area contributed by atoms with Crippen LogP contribution in [0.1, 0.15) is 31.5 Å². The van der Waals surface area contributed by atoms with Gasteiger partial charge in [0.2, 0.25) is 5.89 Å². The summed E-state index contributed by atoms with van der Waals surface area (Å²) in [5.41, 5.74) is 0. The average Bonchev–Trinajstić information content (AvgIpc) is 2.74. The van der Waals surface area contributed by atoms with Crippen LogP contribution < -0.4 is 10.6 Å². The molecule has 0 saturated carbocycles. The number of aromatic nitrogens is 2. The van der Waals surface area contributed by atoms with Gasteiger partial charge in [-0.25, -0.2) is 9.59 Å². The van der Waals surface area contributed by atoms with Gasteiger partial charge in [-0.15, -0.1) is 0 Å². The number of carboxylic acids is 1. The highest BCUT2D eigenvalue weighted by atomic mass is 16.5. The van der Waals surface area contributed by atoms with Gasteiger partial charge >= 0.3 is 12.0 Å². The number of urea groups is 1. The van der Waals surface area contributed by atoms with Crippen molar-refractivity contribution in [1.82, 2.24) is 20.8 Å². The van der Waals surface area contributed by atoms with Gasteiger partial charge in [0.1, 0.15) is 6.04 Å². The molecule has 0 spiro atoms. The molecule has 0 saturated heterocycles. The molecular weight excluding hydrogens is 252 g/mol. The van der Waals surface area contributed by atoms with Crippen molar-refractivity contribution in [3.63, 3.8) is 0 Å². The van der Waals surface area contributed by atoms with Crippen molar-refractivity contribution in [3.8, 4) is 0 Å². The highest BCUT2D eigenvalue weighted by molar-refractivity contribution is 5.82. The molecule has 106 valence electrons. The van der Waals surface area contributed by atoms with Crippen LogP contribution in [0.4, 0.5) is 4.79 Å². The lowest BCUT2D eigenvalue weighted by Crippen LogP contribution is -2.46. The third-order valence-corrected chi connectivity index (χ3v) is 2.38. The van der Waals surface area contributed by atoms with E-state index in [9.17, 15) is 9.59 Å². The molecule has 2 amide bonds. The quantitative estimate of drug-likeness (QED) is 0.663. The number of nitrogens with zero attached hydrogens (tertiary/aromatic N) is 2. The number of carboxylic acid groups (broad SMARTS) is 1. The van der Waals surface area contributed by atoms with E-state index in [0.717, 1.165) is 0 Å². The summed E-state index contributed by atoms with van der Waals surface area (Å²) in [4.78, 5) is 26.3. The predicted molar refractivity (Wildman–Crippen MR) is 65.6 cm³/mol. The maximum absolute atomic E-state index is 11.5. The molecule has 8 heteroatoms. The summed E-state index contributed by atoms with van der Waals surface area (Å²) in [7, 11) is 0. The molecular formula is C11H18N4O4. The fraction of sp³-hybridized carbons (Fsp3) is 0.636. The van der Waals surface area contributed by atoms with Crippen LogP contribution >= 0.6 is 0 Å². The molecule has 0 radical (unpaired) electrons. The highest BCUT2D eigenvalue weighted by Crippen LogP contribution is 1.97. The largest absolute Gasteiger partial charge is 0.480 e. The van der Waals surface area contributed by atoms with Gasteiger partial charge in [-0.1, -0.05) is 18.5 Å². The smallest absolute Gasteiger partial charge is 0.326 e. The molecule has 19 heavy (non-hydrogen) atoms. The normalized spacial score (nSPS) is 11.9. The summed E-state index contributed by atoms with van der Waals surface area (Å²) < 4.78 is 4.78. The van der Waals surface area contributed by atoms with E-state index < -0.39 is 18.0 Å². The van der Waals surface area contributed by atoms with Crippen LogP contribution in [0.25, 0.3) is 0 Å². The van der Waals surface area contributed by atoms with E-state index in [4.69, 9.17) is 9.63 Å². The van der Waals surface area contributed by atoms with Gasteiger partial charge in [-0.3, -0.25) is 0 Å². The fourth-order valence-corrected chi connectivity index (χ4v) is 1.49. The number of carbonyl (C=O) groups is 2. The van der Waals surface area contributed by atoms with Crippen LogP contribution in [0.5, 0.6) is 0 Å². The summed E-state index contributed by atoms with van der Waals surface area (Å²) in [5, 5.41) is 17.5. The fourth-order valence-electron chi connectivity index (χ4n) is 1.49. The minimum atomic E-state index is -1.04. The van der Waals surface area contributed by atoms with Crippen molar-refractivity contribution in [2.45, 2.75) is 39.2 Å².